The van der Waals surface area contributed by atoms with E-state index in [-0.39, 0.29) is 23.3 Å². The van der Waals surface area contributed by atoms with E-state index in [9.17, 15) is 9.59 Å². The molecule has 26 heavy (non-hydrogen) atoms. The Bertz CT molecular complexity index is 904. The normalized spacial score (nSPS) is 15.9. The minimum absolute atomic E-state index is 0.178. The summed E-state index contributed by atoms with van der Waals surface area (Å²) in [5, 5.41) is 0.719. The van der Waals surface area contributed by atoms with Gasteiger partial charge in [-0.05, 0) is 55.5 Å². The number of aryl methyl sites for hydroxylation is 1. The van der Waals surface area contributed by atoms with Gasteiger partial charge in [0.05, 0.1) is 12.8 Å². The summed E-state index contributed by atoms with van der Waals surface area (Å²) in [5.74, 6) is 0.315. The van der Waals surface area contributed by atoms with E-state index in [0.717, 1.165) is 0 Å². The molecule has 0 radical (unpaired) electrons. The van der Waals surface area contributed by atoms with Crippen LogP contribution in [0.3, 0.4) is 0 Å². The number of carbonyl (C=O) groups is 2. The van der Waals surface area contributed by atoms with Crippen molar-refractivity contribution in [3.63, 3.8) is 0 Å². The molecule has 0 N–H and O–H groups in total. The zero-order valence-corrected chi connectivity index (χ0v) is 15.6. The van der Waals surface area contributed by atoms with Crippen molar-refractivity contribution < 1.29 is 18.7 Å². The number of furan rings is 1. The Morgan fingerprint density at radius 2 is 1.96 bits per heavy atom. The van der Waals surface area contributed by atoms with Crippen molar-refractivity contribution in [2.75, 3.05) is 18.6 Å². The van der Waals surface area contributed by atoms with Crippen LogP contribution in [-0.2, 0) is 14.3 Å². The molecule has 0 atom stereocenters. The van der Waals surface area contributed by atoms with E-state index in [0.29, 0.717) is 22.2 Å². The maximum absolute atomic E-state index is 13.0. The molecule has 1 aromatic carbocycles. The number of benzene rings is 1. The molecule has 0 spiro atoms. The first-order valence-electron chi connectivity index (χ1n) is 7.67. The highest BCUT2D eigenvalue weighted by atomic mass is 35.5. The summed E-state index contributed by atoms with van der Waals surface area (Å²) in [7, 11) is 1.28. The molecule has 3 rings (SSSR count). The summed E-state index contributed by atoms with van der Waals surface area (Å²) in [5.41, 5.74) is 0.781. The predicted octanol–water partition coefficient (Wildman–Crippen LogP) is 3.39. The molecule has 0 aliphatic carbocycles. The molecule has 1 fully saturated rings. The van der Waals surface area contributed by atoms with Gasteiger partial charge in [-0.15, -0.1) is 0 Å². The van der Waals surface area contributed by atoms with Crippen molar-refractivity contribution in [2.45, 2.75) is 6.92 Å². The van der Waals surface area contributed by atoms with Gasteiger partial charge in [-0.2, -0.15) is 0 Å². The smallest absolute Gasteiger partial charge is 0.325 e. The average Bonchev–Trinajstić information content (AvgIpc) is 3.12. The van der Waals surface area contributed by atoms with Crippen LogP contribution in [0.2, 0.25) is 5.02 Å². The van der Waals surface area contributed by atoms with Crippen molar-refractivity contribution in [3.05, 3.63) is 58.6 Å². The number of halogens is 1. The molecule has 1 saturated heterocycles. The number of esters is 1. The lowest BCUT2D eigenvalue weighted by Gasteiger charge is -2.19. The molecule has 1 amide bonds. The average molecular weight is 391 g/mol. The van der Waals surface area contributed by atoms with Crippen molar-refractivity contribution in [1.29, 1.82) is 0 Å². The van der Waals surface area contributed by atoms with Crippen LogP contribution in [0.1, 0.15) is 11.5 Å². The Kier molecular flexibility index (Phi) is 5.11. The predicted molar refractivity (Wildman–Crippen MR) is 102 cm³/mol. The first kappa shape index (κ1) is 18.2. The highest BCUT2D eigenvalue weighted by Gasteiger charge is 2.40. The van der Waals surface area contributed by atoms with Crippen LogP contribution in [0.4, 0.5) is 5.69 Å². The number of hydrogen-bond donors (Lipinski definition) is 0. The quantitative estimate of drug-likeness (QED) is 0.453. The number of ether oxygens (including phenoxy) is 1. The molecule has 1 aliphatic heterocycles. The van der Waals surface area contributed by atoms with Crippen LogP contribution in [0.5, 0.6) is 0 Å². The maximum Gasteiger partial charge on any atom is 0.325 e. The van der Waals surface area contributed by atoms with Crippen LogP contribution < -0.4 is 4.90 Å². The molecular weight excluding hydrogens is 376 g/mol. The highest BCUT2D eigenvalue weighted by molar-refractivity contribution is 7.80. The van der Waals surface area contributed by atoms with Gasteiger partial charge in [0.2, 0.25) is 0 Å². The molecule has 0 unspecified atom stereocenters. The molecule has 134 valence electrons. The van der Waals surface area contributed by atoms with Crippen molar-refractivity contribution >= 4 is 52.6 Å². The second-order valence-electron chi connectivity index (χ2n) is 5.54. The van der Waals surface area contributed by atoms with E-state index in [1.54, 1.807) is 49.4 Å². The SMILES string of the molecule is COC(=O)CN1C(=S)N(c2ccc(Cl)cc2)C(=O)/C1=C\c1ccc(C)o1. The Labute approximate surface area is 160 Å². The van der Waals surface area contributed by atoms with Gasteiger partial charge in [0.25, 0.3) is 5.91 Å². The fraction of sp³-hybridized carbons (Fsp3) is 0.167. The summed E-state index contributed by atoms with van der Waals surface area (Å²) in [6.45, 7) is 1.62. The molecule has 6 nitrogen and oxygen atoms in total. The van der Waals surface area contributed by atoms with Crippen molar-refractivity contribution in [1.82, 2.24) is 4.90 Å². The molecule has 2 heterocycles. The van der Waals surface area contributed by atoms with Crippen LogP contribution in [0, 0.1) is 6.92 Å². The number of thiocarbonyl (C=S) groups is 1. The third-order valence-electron chi connectivity index (χ3n) is 3.78. The number of rotatable bonds is 4. The number of amides is 1. The fourth-order valence-electron chi connectivity index (χ4n) is 2.51. The van der Waals surface area contributed by atoms with Gasteiger partial charge in [-0.1, -0.05) is 11.6 Å². The lowest BCUT2D eigenvalue weighted by atomic mass is 10.2. The van der Waals surface area contributed by atoms with Gasteiger partial charge in [-0.3, -0.25) is 14.5 Å². The molecule has 1 aliphatic rings. The van der Waals surface area contributed by atoms with Gasteiger partial charge in [-0.25, -0.2) is 0 Å². The zero-order chi connectivity index (χ0) is 18.8. The summed E-state index contributed by atoms with van der Waals surface area (Å²) in [4.78, 5) is 27.6. The Hall–Kier alpha value is -2.64. The summed E-state index contributed by atoms with van der Waals surface area (Å²) < 4.78 is 10.2. The topological polar surface area (TPSA) is 63.0 Å². The lowest BCUT2D eigenvalue weighted by molar-refractivity contribution is -0.140. The molecule has 0 bridgehead atoms. The van der Waals surface area contributed by atoms with Gasteiger partial charge < -0.3 is 14.1 Å². The lowest BCUT2D eigenvalue weighted by Crippen LogP contribution is -2.35. The Morgan fingerprint density at radius 3 is 2.54 bits per heavy atom. The van der Waals surface area contributed by atoms with E-state index in [4.69, 9.17) is 33.0 Å². The Morgan fingerprint density at radius 1 is 1.27 bits per heavy atom. The van der Waals surface area contributed by atoms with Gasteiger partial charge in [0.15, 0.2) is 5.11 Å². The van der Waals surface area contributed by atoms with Crippen LogP contribution in [-0.4, -0.2) is 35.5 Å². The number of methoxy groups -OCH3 is 1. The van der Waals surface area contributed by atoms with Crippen LogP contribution in [0.25, 0.3) is 6.08 Å². The molecule has 1 aromatic heterocycles. The second-order valence-corrected chi connectivity index (χ2v) is 6.34. The van der Waals surface area contributed by atoms with Gasteiger partial charge >= 0.3 is 5.97 Å². The highest BCUT2D eigenvalue weighted by Crippen LogP contribution is 2.30. The van der Waals surface area contributed by atoms with Gasteiger partial charge in [0.1, 0.15) is 23.8 Å². The fourth-order valence-corrected chi connectivity index (χ4v) is 2.99. The number of nitrogens with zero attached hydrogens (tertiary/aromatic N) is 2. The van der Waals surface area contributed by atoms with E-state index in [1.165, 1.54) is 16.9 Å². The minimum atomic E-state index is -0.514. The van der Waals surface area contributed by atoms with E-state index in [1.807, 2.05) is 0 Å². The molecule has 2 aromatic rings. The van der Waals surface area contributed by atoms with E-state index < -0.39 is 5.97 Å². The third kappa shape index (κ3) is 3.49. The first-order chi connectivity index (χ1) is 12.4. The van der Waals surface area contributed by atoms with E-state index in [2.05, 4.69) is 0 Å². The summed E-state index contributed by atoms with van der Waals surface area (Å²) >= 11 is 11.4. The number of carbonyl (C=O) groups excluding carboxylic acids is 2. The number of hydrogen-bond acceptors (Lipinski definition) is 5. The summed E-state index contributed by atoms with van der Waals surface area (Å²) in [6, 6.07) is 10.2. The van der Waals surface area contributed by atoms with Crippen LogP contribution in [0.15, 0.2) is 46.5 Å². The maximum atomic E-state index is 13.0. The molecular formula is C18H15ClN2O4S. The van der Waals surface area contributed by atoms with Crippen molar-refractivity contribution in [3.8, 4) is 0 Å². The minimum Gasteiger partial charge on any atom is -0.468 e. The van der Waals surface area contributed by atoms with E-state index >= 15 is 0 Å². The van der Waals surface area contributed by atoms with Crippen molar-refractivity contribution in [2.24, 2.45) is 0 Å². The first-order valence-corrected chi connectivity index (χ1v) is 8.46. The van der Waals surface area contributed by atoms with Crippen LogP contribution >= 0.6 is 23.8 Å². The zero-order valence-electron chi connectivity index (χ0n) is 14.1. The Balaban J connectivity index is 2.03. The molecule has 8 heteroatoms. The standard InChI is InChI=1S/C18H15ClN2O4S/c1-11-3-8-14(25-11)9-15-17(23)21(13-6-4-12(19)5-7-13)18(26)20(15)10-16(22)24-2/h3-9H,10H2,1-2H3/b15-9+. The second kappa shape index (κ2) is 7.31. The third-order valence-corrected chi connectivity index (χ3v) is 4.43. The number of anilines is 1. The summed E-state index contributed by atoms with van der Waals surface area (Å²) in [6.07, 6.45) is 1.56. The monoisotopic (exact) mass is 390 g/mol. The largest absolute Gasteiger partial charge is 0.468 e. The van der Waals surface area contributed by atoms with Gasteiger partial charge in [0, 0.05) is 11.1 Å². The molecule has 0 saturated carbocycles.